The fourth-order valence-electron chi connectivity index (χ4n) is 6.01. The smallest absolute Gasteiger partial charge is 0.264 e. The zero-order valence-electron chi connectivity index (χ0n) is 26.2. The lowest BCUT2D eigenvalue weighted by atomic mass is 10.0. The van der Waals surface area contributed by atoms with Gasteiger partial charge >= 0.3 is 0 Å². The van der Waals surface area contributed by atoms with Crippen LogP contribution in [-0.2, 0) is 32.6 Å². The van der Waals surface area contributed by atoms with Gasteiger partial charge in [0.15, 0.2) is 0 Å². The van der Waals surface area contributed by atoms with E-state index in [4.69, 9.17) is 11.6 Å². The van der Waals surface area contributed by atoms with Gasteiger partial charge in [-0.1, -0.05) is 109 Å². The average molecular weight is 658 g/mol. The molecule has 2 amide bonds. The Morgan fingerprint density at radius 3 is 2.17 bits per heavy atom. The van der Waals surface area contributed by atoms with Crippen molar-refractivity contribution in [1.29, 1.82) is 0 Å². The van der Waals surface area contributed by atoms with Crippen molar-refractivity contribution in [1.82, 2.24) is 10.2 Å². The number of hydrogen-bond donors (Lipinski definition) is 1. The second-order valence-electron chi connectivity index (χ2n) is 12.0. The molecule has 240 valence electrons. The third-order valence-corrected chi connectivity index (χ3v) is 10.5. The largest absolute Gasteiger partial charge is 0.352 e. The third-order valence-electron chi connectivity index (χ3n) is 8.46. The maximum Gasteiger partial charge on any atom is 0.264 e. The molecule has 0 heterocycles. The topological polar surface area (TPSA) is 86.8 Å². The number of aryl methyl sites for hydroxylation is 2. The summed E-state index contributed by atoms with van der Waals surface area (Å²) in [6, 6.07) is 29.6. The molecule has 0 radical (unpaired) electrons. The molecule has 1 N–H and O–H groups in total. The monoisotopic (exact) mass is 657 g/mol. The molecule has 0 bridgehead atoms. The van der Waals surface area contributed by atoms with E-state index in [0.717, 1.165) is 46.7 Å². The molecule has 0 spiro atoms. The Labute approximate surface area is 277 Å². The zero-order chi connectivity index (χ0) is 32.7. The first-order valence-corrected chi connectivity index (χ1v) is 17.5. The Hall–Kier alpha value is -4.14. The van der Waals surface area contributed by atoms with Crippen LogP contribution in [0.2, 0.25) is 5.02 Å². The minimum atomic E-state index is -4.20. The molecule has 0 unspecified atom stereocenters. The maximum atomic E-state index is 14.7. The summed E-state index contributed by atoms with van der Waals surface area (Å²) in [6.07, 6.45) is 4.16. The SMILES string of the molecule is Cc1cccc(CN(C(=O)CN(c2cc(Cl)ccc2C)S(=O)(=O)c2ccccc2)[C@H](Cc2ccccc2)C(=O)NC2CCCC2)c1. The molecule has 46 heavy (non-hydrogen) atoms. The number of rotatable bonds is 12. The van der Waals surface area contributed by atoms with E-state index in [9.17, 15) is 18.0 Å². The van der Waals surface area contributed by atoms with Gasteiger partial charge in [0.25, 0.3) is 10.0 Å². The fraction of sp³-hybridized carbons (Fsp3) is 0.297. The van der Waals surface area contributed by atoms with Gasteiger partial charge in [0, 0.05) is 24.0 Å². The van der Waals surface area contributed by atoms with E-state index in [2.05, 4.69) is 5.32 Å². The summed E-state index contributed by atoms with van der Waals surface area (Å²) >= 11 is 6.37. The molecular weight excluding hydrogens is 618 g/mol. The van der Waals surface area contributed by atoms with Gasteiger partial charge in [0.2, 0.25) is 11.8 Å². The van der Waals surface area contributed by atoms with Crippen LogP contribution in [0.1, 0.15) is 47.9 Å². The number of amides is 2. The Bertz CT molecular complexity index is 1760. The first-order chi connectivity index (χ1) is 22.1. The molecule has 1 aliphatic rings. The predicted octanol–water partition coefficient (Wildman–Crippen LogP) is 6.85. The Morgan fingerprint density at radius 1 is 0.848 bits per heavy atom. The molecule has 4 aromatic carbocycles. The molecule has 7 nitrogen and oxygen atoms in total. The van der Waals surface area contributed by atoms with Gasteiger partial charge in [-0.25, -0.2) is 8.42 Å². The quantitative estimate of drug-likeness (QED) is 0.181. The van der Waals surface area contributed by atoms with Crippen molar-refractivity contribution in [3.8, 4) is 0 Å². The highest BCUT2D eigenvalue weighted by Gasteiger charge is 2.36. The summed E-state index contributed by atoms with van der Waals surface area (Å²) < 4.78 is 29.5. The Kier molecular flexibility index (Phi) is 10.8. The first-order valence-electron chi connectivity index (χ1n) is 15.6. The lowest BCUT2D eigenvalue weighted by Crippen LogP contribution is -2.54. The van der Waals surface area contributed by atoms with Crippen LogP contribution in [0.15, 0.2) is 108 Å². The normalized spacial score (nSPS) is 14.1. The second-order valence-corrected chi connectivity index (χ2v) is 14.3. The van der Waals surface area contributed by atoms with Crippen molar-refractivity contribution in [2.75, 3.05) is 10.8 Å². The molecule has 0 aromatic heterocycles. The molecule has 1 saturated carbocycles. The molecule has 0 saturated heterocycles. The highest BCUT2D eigenvalue weighted by atomic mass is 35.5. The van der Waals surface area contributed by atoms with Crippen LogP contribution >= 0.6 is 11.6 Å². The number of hydrogen-bond acceptors (Lipinski definition) is 4. The number of benzene rings is 4. The van der Waals surface area contributed by atoms with Crippen LogP contribution < -0.4 is 9.62 Å². The molecule has 1 atom stereocenters. The first kappa shape index (κ1) is 33.2. The lowest BCUT2D eigenvalue weighted by Gasteiger charge is -2.34. The minimum absolute atomic E-state index is 0.0470. The number of anilines is 1. The molecule has 1 aliphatic carbocycles. The van der Waals surface area contributed by atoms with Gasteiger partial charge in [0.1, 0.15) is 12.6 Å². The maximum absolute atomic E-state index is 14.7. The average Bonchev–Trinajstić information content (AvgIpc) is 3.56. The number of carbonyl (C=O) groups excluding carboxylic acids is 2. The van der Waals surface area contributed by atoms with Gasteiger partial charge < -0.3 is 10.2 Å². The molecule has 1 fully saturated rings. The van der Waals surface area contributed by atoms with Crippen molar-refractivity contribution in [3.63, 3.8) is 0 Å². The van der Waals surface area contributed by atoms with Crippen LogP contribution in [0, 0.1) is 13.8 Å². The van der Waals surface area contributed by atoms with Gasteiger partial charge in [-0.3, -0.25) is 13.9 Å². The number of carbonyl (C=O) groups is 2. The predicted molar refractivity (Wildman–Crippen MR) is 183 cm³/mol. The van der Waals surface area contributed by atoms with E-state index in [1.807, 2.05) is 61.5 Å². The van der Waals surface area contributed by atoms with Gasteiger partial charge in [-0.05, 0) is 67.6 Å². The number of nitrogens with one attached hydrogen (secondary N) is 1. The number of halogens is 1. The van der Waals surface area contributed by atoms with E-state index in [0.29, 0.717) is 16.3 Å². The summed E-state index contributed by atoms with van der Waals surface area (Å²) in [4.78, 5) is 30.4. The zero-order valence-corrected chi connectivity index (χ0v) is 27.8. The Morgan fingerprint density at radius 2 is 1.50 bits per heavy atom. The summed E-state index contributed by atoms with van der Waals surface area (Å²) in [7, 11) is -4.20. The van der Waals surface area contributed by atoms with Crippen molar-refractivity contribution >= 4 is 39.1 Å². The van der Waals surface area contributed by atoms with E-state index in [1.165, 1.54) is 12.1 Å². The minimum Gasteiger partial charge on any atom is -0.352 e. The number of nitrogens with zero attached hydrogens (tertiary/aromatic N) is 2. The van der Waals surface area contributed by atoms with E-state index >= 15 is 0 Å². The fourth-order valence-corrected chi connectivity index (χ4v) is 7.67. The van der Waals surface area contributed by atoms with Crippen LogP contribution in [-0.4, -0.2) is 43.8 Å². The van der Waals surface area contributed by atoms with Crippen LogP contribution in [0.25, 0.3) is 0 Å². The van der Waals surface area contributed by atoms with Crippen LogP contribution in [0.5, 0.6) is 0 Å². The standard InChI is InChI=1S/C37H40ClN3O4S/c1-27-12-11-15-30(22-27)25-40(35(23-29-13-5-3-6-14-29)37(43)39-32-16-9-10-17-32)36(42)26-41(34-24-31(38)21-20-28(34)2)46(44,45)33-18-7-4-8-19-33/h3-8,11-15,18-22,24,32,35H,9-10,16-17,23,25-26H2,1-2H3,(H,39,43)/t35-/m1/s1. The van der Waals surface area contributed by atoms with Crippen LogP contribution in [0.3, 0.4) is 0 Å². The highest BCUT2D eigenvalue weighted by Crippen LogP contribution is 2.30. The van der Waals surface area contributed by atoms with Crippen LogP contribution in [0.4, 0.5) is 5.69 Å². The second kappa shape index (κ2) is 15.0. The molecular formula is C37H40ClN3O4S. The molecule has 5 rings (SSSR count). The summed E-state index contributed by atoms with van der Waals surface area (Å²) in [5.41, 5.74) is 3.70. The van der Waals surface area contributed by atoms with Gasteiger partial charge in [-0.15, -0.1) is 0 Å². The third kappa shape index (κ3) is 8.17. The van der Waals surface area contributed by atoms with Gasteiger partial charge in [-0.2, -0.15) is 0 Å². The van der Waals surface area contributed by atoms with Crippen molar-refractivity contribution in [2.45, 2.75) is 69.5 Å². The van der Waals surface area contributed by atoms with Crippen molar-refractivity contribution < 1.29 is 18.0 Å². The molecule has 9 heteroatoms. The van der Waals surface area contributed by atoms with E-state index in [1.54, 1.807) is 48.2 Å². The molecule has 0 aliphatic heterocycles. The summed E-state index contributed by atoms with van der Waals surface area (Å²) in [5, 5.41) is 3.55. The molecule has 4 aromatic rings. The van der Waals surface area contributed by atoms with E-state index in [-0.39, 0.29) is 29.8 Å². The van der Waals surface area contributed by atoms with Crippen molar-refractivity contribution in [3.05, 3.63) is 130 Å². The Balaban J connectivity index is 1.58. The highest BCUT2D eigenvalue weighted by molar-refractivity contribution is 7.92. The van der Waals surface area contributed by atoms with Crippen molar-refractivity contribution in [2.24, 2.45) is 0 Å². The van der Waals surface area contributed by atoms with Gasteiger partial charge in [0.05, 0.1) is 10.6 Å². The summed E-state index contributed by atoms with van der Waals surface area (Å²) in [6.45, 7) is 3.36. The van der Waals surface area contributed by atoms with E-state index < -0.39 is 28.5 Å². The lowest BCUT2D eigenvalue weighted by molar-refractivity contribution is -0.140. The number of sulfonamides is 1. The summed E-state index contributed by atoms with van der Waals surface area (Å²) in [5.74, 6) is -0.740.